The minimum absolute atomic E-state index is 0.0787. The second-order valence-corrected chi connectivity index (χ2v) is 5.53. The van der Waals surface area contributed by atoms with Crippen molar-refractivity contribution in [3.8, 4) is 0 Å². The molecule has 0 aliphatic heterocycles. The molecule has 0 spiro atoms. The number of carbonyl (C=O) groups is 2. The van der Waals surface area contributed by atoms with Gasteiger partial charge in [0.05, 0.1) is 17.6 Å². The Morgan fingerprint density at radius 3 is 2.86 bits per heavy atom. The first-order valence-electron chi connectivity index (χ1n) is 6.89. The largest absolute Gasteiger partial charge is 0.391 e. The van der Waals surface area contributed by atoms with E-state index in [0.717, 1.165) is 0 Å². The van der Waals surface area contributed by atoms with Crippen molar-refractivity contribution in [2.24, 2.45) is 0 Å². The van der Waals surface area contributed by atoms with E-state index in [0.29, 0.717) is 37.2 Å². The van der Waals surface area contributed by atoms with Gasteiger partial charge in [-0.2, -0.15) is 0 Å². The van der Waals surface area contributed by atoms with Crippen LogP contribution in [0.5, 0.6) is 0 Å². The molecule has 0 fully saturated rings. The molecule has 0 saturated carbocycles. The number of rotatable bonds is 10. The summed E-state index contributed by atoms with van der Waals surface area (Å²) in [5, 5.41) is 16.7. The van der Waals surface area contributed by atoms with Crippen molar-refractivity contribution in [2.75, 3.05) is 26.8 Å². The van der Waals surface area contributed by atoms with Crippen molar-refractivity contribution >= 4 is 23.2 Å². The summed E-state index contributed by atoms with van der Waals surface area (Å²) in [6.07, 6.45) is 0.851. The van der Waals surface area contributed by atoms with Crippen molar-refractivity contribution in [3.05, 3.63) is 22.4 Å². The lowest BCUT2D eigenvalue weighted by atomic mass is 10.2. The van der Waals surface area contributed by atoms with Gasteiger partial charge in [-0.05, 0) is 24.3 Å². The lowest BCUT2D eigenvalue weighted by Crippen LogP contribution is -2.29. The van der Waals surface area contributed by atoms with Gasteiger partial charge >= 0.3 is 0 Å². The molecule has 0 aliphatic carbocycles. The maximum Gasteiger partial charge on any atom is 0.261 e. The monoisotopic (exact) mass is 314 g/mol. The molecule has 0 bridgehead atoms. The van der Waals surface area contributed by atoms with E-state index in [9.17, 15) is 14.7 Å². The maximum absolute atomic E-state index is 11.6. The zero-order valence-corrected chi connectivity index (χ0v) is 12.9. The van der Waals surface area contributed by atoms with Gasteiger partial charge < -0.3 is 20.5 Å². The van der Waals surface area contributed by atoms with Crippen molar-refractivity contribution in [2.45, 2.75) is 25.4 Å². The Hall–Kier alpha value is -1.44. The summed E-state index contributed by atoms with van der Waals surface area (Å²) < 4.78 is 4.79. The van der Waals surface area contributed by atoms with Gasteiger partial charge in [0.2, 0.25) is 5.91 Å². The molecule has 2 amide bonds. The van der Waals surface area contributed by atoms with Gasteiger partial charge in [0.25, 0.3) is 5.91 Å². The van der Waals surface area contributed by atoms with Crippen molar-refractivity contribution < 1.29 is 19.4 Å². The quantitative estimate of drug-likeness (QED) is 0.557. The molecule has 21 heavy (non-hydrogen) atoms. The van der Waals surface area contributed by atoms with E-state index >= 15 is 0 Å². The molecule has 6 nitrogen and oxygen atoms in total. The van der Waals surface area contributed by atoms with Crippen LogP contribution in [0, 0.1) is 0 Å². The van der Waals surface area contributed by atoms with Crippen LogP contribution in [0.4, 0.5) is 0 Å². The molecule has 1 heterocycles. The molecule has 0 radical (unpaired) electrons. The normalized spacial score (nSPS) is 11.9. The molecule has 1 unspecified atom stereocenters. The first-order valence-corrected chi connectivity index (χ1v) is 7.77. The van der Waals surface area contributed by atoms with Gasteiger partial charge in [0.15, 0.2) is 0 Å². The van der Waals surface area contributed by atoms with E-state index in [-0.39, 0.29) is 18.4 Å². The minimum Gasteiger partial charge on any atom is -0.391 e. The van der Waals surface area contributed by atoms with Crippen molar-refractivity contribution in [1.82, 2.24) is 10.6 Å². The highest BCUT2D eigenvalue weighted by atomic mass is 32.1. The number of thiophene rings is 1. The van der Waals surface area contributed by atoms with Crippen LogP contribution in [0.3, 0.4) is 0 Å². The molecular formula is C14H22N2O4S. The Morgan fingerprint density at radius 1 is 1.38 bits per heavy atom. The maximum atomic E-state index is 11.6. The molecule has 0 aliphatic rings. The Labute approximate surface area is 128 Å². The second-order valence-electron chi connectivity index (χ2n) is 4.58. The minimum atomic E-state index is -0.555. The van der Waals surface area contributed by atoms with Crippen LogP contribution < -0.4 is 10.6 Å². The Morgan fingerprint density at radius 2 is 2.19 bits per heavy atom. The molecule has 118 valence electrons. The fourth-order valence-electron chi connectivity index (χ4n) is 1.69. The third-order valence-electron chi connectivity index (χ3n) is 2.77. The van der Waals surface area contributed by atoms with E-state index in [4.69, 9.17) is 4.74 Å². The number of amides is 2. The van der Waals surface area contributed by atoms with Crippen LogP contribution in [-0.4, -0.2) is 49.8 Å². The van der Waals surface area contributed by atoms with Gasteiger partial charge in [-0.25, -0.2) is 0 Å². The van der Waals surface area contributed by atoms with Gasteiger partial charge in [-0.3, -0.25) is 9.59 Å². The van der Waals surface area contributed by atoms with E-state index in [1.165, 1.54) is 18.4 Å². The lowest BCUT2D eigenvalue weighted by Gasteiger charge is -2.10. The van der Waals surface area contributed by atoms with Crippen LogP contribution in [0.25, 0.3) is 0 Å². The summed E-state index contributed by atoms with van der Waals surface area (Å²) >= 11 is 1.39. The summed E-state index contributed by atoms with van der Waals surface area (Å²) in [7, 11) is 1.52. The summed E-state index contributed by atoms with van der Waals surface area (Å²) in [6, 6.07) is 3.59. The average molecular weight is 314 g/mol. The van der Waals surface area contributed by atoms with Crippen LogP contribution in [0.1, 0.15) is 28.9 Å². The Bertz CT molecular complexity index is 423. The van der Waals surface area contributed by atoms with E-state index in [1.807, 2.05) is 11.4 Å². The van der Waals surface area contributed by atoms with Crippen LogP contribution in [0.2, 0.25) is 0 Å². The molecule has 3 N–H and O–H groups in total. The number of hydrogen-bond donors (Lipinski definition) is 3. The highest BCUT2D eigenvalue weighted by Crippen LogP contribution is 2.07. The first-order chi connectivity index (χ1) is 10.1. The fraction of sp³-hybridized carbons (Fsp3) is 0.571. The van der Waals surface area contributed by atoms with Crippen LogP contribution in [0.15, 0.2) is 17.5 Å². The predicted octanol–water partition coefficient (Wildman–Crippen LogP) is 0.772. The average Bonchev–Trinajstić information content (AvgIpc) is 2.98. The number of carbonyl (C=O) groups excluding carboxylic acids is 2. The highest BCUT2D eigenvalue weighted by molar-refractivity contribution is 7.12. The number of aliphatic hydroxyl groups excluding tert-OH is 1. The Balaban J connectivity index is 2.02. The number of ether oxygens (including phenoxy) is 1. The summed E-state index contributed by atoms with van der Waals surface area (Å²) in [4.78, 5) is 23.8. The van der Waals surface area contributed by atoms with Crippen LogP contribution >= 0.6 is 11.3 Å². The lowest BCUT2D eigenvalue weighted by molar-refractivity contribution is -0.121. The van der Waals surface area contributed by atoms with Crippen molar-refractivity contribution in [3.63, 3.8) is 0 Å². The van der Waals surface area contributed by atoms with Gasteiger partial charge in [0, 0.05) is 26.6 Å². The zero-order valence-electron chi connectivity index (χ0n) is 12.1. The molecular weight excluding hydrogens is 292 g/mol. The number of hydrogen-bond acceptors (Lipinski definition) is 5. The van der Waals surface area contributed by atoms with Crippen LogP contribution in [-0.2, 0) is 9.53 Å². The molecule has 1 aromatic rings. The van der Waals surface area contributed by atoms with E-state index < -0.39 is 6.10 Å². The highest BCUT2D eigenvalue weighted by Gasteiger charge is 2.07. The van der Waals surface area contributed by atoms with Crippen molar-refractivity contribution in [1.29, 1.82) is 0 Å². The number of methoxy groups -OCH3 is 1. The zero-order chi connectivity index (χ0) is 15.5. The molecule has 1 aromatic heterocycles. The third kappa shape index (κ3) is 7.79. The SMILES string of the molecule is COCC(O)CCNC(=O)CCCNC(=O)c1cccs1. The first kappa shape index (κ1) is 17.6. The third-order valence-corrected chi connectivity index (χ3v) is 3.64. The molecule has 1 atom stereocenters. The molecule has 0 aromatic carbocycles. The molecule has 7 heteroatoms. The standard InChI is InChI=1S/C14H22N2O4S/c1-20-10-11(17)6-8-15-13(18)5-2-7-16-14(19)12-4-3-9-21-12/h3-4,9,11,17H,2,5-8,10H2,1H3,(H,15,18)(H,16,19). The Kier molecular flexibility index (Phi) is 8.65. The summed E-state index contributed by atoms with van der Waals surface area (Å²) in [6.45, 7) is 1.16. The summed E-state index contributed by atoms with van der Waals surface area (Å²) in [5.74, 6) is -0.182. The van der Waals surface area contributed by atoms with Gasteiger partial charge in [0.1, 0.15) is 0 Å². The van der Waals surface area contributed by atoms with E-state index in [2.05, 4.69) is 10.6 Å². The predicted molar refractivity (Wildman–Crippen MR) is 81.4 cm³/mol. The van der Waals surface area contributed by atoms with Gasteiger partial charge in [-0.1, -0.05) is 6.07 Å². The van der Waals surface area contributed by atoms with Gasteiger partial charge in [-0.15, -0.1) is 11.3 Å². The topological polar surface area (TPSA) is 87.7 Å². The number of nitrogens with one attached hydrogen (secondary N) is 2. The summed E-state index contributed by atoms with van der Waals surface area (Å²) in [5.41, 5.74) is 0. The fourth-order valence-corrected chi connectivity index (χ4v) is 2.33. The van der Waals surface area contributed by atoms with E-state index in [1.54, 1.807) is 6.07 Å². The molecule has 1 rings (SSSR count). The second kappa shape index (κ2) is 10.3. The number of aliphatic hydroxyl groups is 1. The smallest absolute Gasteiger partial charge is 0.261 e. The molecule has 0 saturated heterocycles.